The summed E-state index contributed by atoms with van der Waals surface area (Å²) in [5, 5.41) is 2.99. The van der Waals surface area contributed by atoms with Gasteiger partial charge in [0.15, 0.2) is 0 Å². The molecule has 0 spiro atoms. The molecule has 1 rings (SSSR count). The van der Waals surface area contributed by atoms with E-state index in [0.29, 0.717) is 6.54 Å². The van der Waals surface area contributed by atoms with Crippen LogP contribution in [0.15, 0.2) is 30.3 Å². The maximum atomic E-state index is 11.1. The van der Waals surface area contributed by atoms with Crippen LogP contribution in [0, 0.1) is 0 Å². The Morgan fingerprint density at radius 3 is 2.58 bits per heavy atom. The fourth-order valence-electron chi connectivity index (χ4n) is 1.66. The zero-order valence-electron chi connectivity index (χ0n) is 11.1. The van der Waals surface area contributed by atoms with Crippen LogP contribution in [0.4, 0.5) is 0 Å². The van der Waals surface area contributed by atoms with Gasteiger partial charge in [-0.05, 0) is 24.9 Å². The van der Waals surface area contributed by atoms with Gasteiger partial charge >= 0.3 is 5.97 Å². The highest BCUT2D eigenvalue weighted by Gasteiger charge is 2.15. The standard InChI is InChI=1S/C14H20N2O3/c1-11(17)19-10-13(14(15)18)16-9-5-8-12-6-3-2-4-7-12/h2-4,6-7,13,16H,5,8-10H2,1H3,(H2,15,18)/t13-/m0/s1. The summed E-state index contributed by atoms with van der Waals surface area (Å²) in [6, 6.07) is 9.46. The van der Waals surface area contributed by atoms with E-state index >= 15 is 0 Å². The summed E-state index contributed by atoms with van der Waals surface area (Å²) < 4.78 is 4.78. The molecule has 0 saturated carbocycles. The van der Waals surface area contributed by atoms with Crippen molar-refractivity contribution in [2.24, 2.45) is 5.73 Å². The van der Waals surface area contributed by atoms with E-state index in [1.54, 1.807) is 0 Å². The number of nitrogens with two attached hydrogens (primary N) is 1. The highest BCUT2D eigenvalue weighted by Crippen LogP contribution is 2.01. The van der Waals surface area contributed by atoms with Gasteiger partial charge in [0.1, 0.15) is 12.6 Å². The molecule has 0 radical (unpaired) electrons. The predicted molar refractivity (Wildman–Crippen MR) is 72.4 cm³/mol. The summed E-state index contributed by atoms with van der Waals surface area (Å²) in [7, 11) is 0. The molecule has 0 aromatic heterocycles. The molecule has 5 heteroatoms. The minimum absolute atomic E-state index is 0.0179. The molecule has 5 nitrogen and oxygen atoms in total. The Hall–Kier alpha value is -1.88. The number of hydrogen-bond donors (Lipinski definition) is 2. The number of carbonyl (C=O) groups excluding carboxylic acids is 2. The lowest BCUT2D eigenvalue weighted by Gasteiger charge is -2.14. The number of nitrogens with one attached hydrogen (secondary N) is 1. The average Bonchev–Trinajstić information content (AvgIpc) is 2.38. The van der Waals surface area contributed by atoms with Crippen LogP contribution in [0.2, 0.25) is 0 Å². The second-order valence-electron chi connectivity index (χ2n) is 4.30. The van der Waals surface area contributed by atoms with Crippen LogP contribution in [0.1, 0.15) is 18.9 Å². The predicted octanol–water partition coefficient (Wildman–Crippen LogP) is 0.626. The summed E-state index contributed by atoms with van der Waals surface area (Å²) >= 11 is 0. The van der Waals surface area contributed by atoms with Crippen LogP contribution in [-0.4, -0.2) is 31.1 Å². The molecule has 0 bridgehead atoms. The van der Waals surface area contributed by atoms with Gasteiger partial charge in [-0.3, -0.25) is 9.59 Å². The van der Waals surface area contributed by atoms with Gasteiger partial charge < -0.3 is 15.8 Å². The van der Waals surface area contributed by atoms with Crippen molar-refractivity contribution in [1.82, 2.24) is 5.32 Å². The van der Waals surface area contributed by atoms with Crippen LogP contribution in [0.3, 0.4) is 0 Å². The molecule has 19 heavy (non-hydrogen) atoms. The van der Waals surface area contributed by atoms with Crippen molar-refractivity contribution in [1.29, 1.82) is 0 Å². The molecule has 3 N–H and O–H groups in total. The van der Waals surface area contributed by atoms with Gasteiger partial charge in [0.05, 0.1) is 0 Å². The van der Waals surface area contributed by atoms with Crippen molar-refractivity contribution in [3.05, 3.63) is 35.9 Å². The van der Waals surface area contributed by atoms with Crippen molar-refractivity contribution in [3.63, 3.8) is 0 Å². The van der Waals surface area contributed by atoms with Crippen LogP contribution >= 0.6 is 0 Å². The smallest absolute Gasteiger partial charge is 0.302 e. The number of carbonyl (C=O) groups is 2. The molecule has 0 aliphatic rings. The summed E-state index contributed by atoms with van der Waals surface area (Å²) in [4.78, 5) is 21.8. The quantitative estimate of drug-likeness (QED) is 0.533. The molecule has 0 saturated heterocycles. The van der Waals surface area contributed by atoms with E-state index in [0.717, 1.165) is 12.8 Å². The summed E-state index contributed by atoms with van der Waals surface area (Å²) in [5.41, 5.74) is 6.47. The SMILES string of the molecule is CC(=O)OC[C@H](NCCCc1ccccc1)C(N)=O. The highest BCUT2D eigenvalue weighted by atomic mass is 16.5. The maximum Gasteiger partial charge on any atom is 0.302 e. The van der Waals surface area contributed by atoms with Crippen molar-refractivity contribution in [2.45, 2.75) is 25.8 Å². The third-order valence-electron chi connectivity index (χ3n) is 2.67. The molecule has 0 fully saturated rings. The number of hydrogen-bond acceptors (Lipinski definition) is 4. The second kappa shape index (κ2) is 8.26. The fraction of sp³-hybridized carbons (Fsp3) is 0.429. The third kappa shape index (κ3) is 6.57. The molecule has 1 amide bonds. The first kappa shape index (κ1) is 15.2. The van der Waals surface area contributed by atoms with E-state index in [1.165, 1.54) is 12.5 Å². The molecule has 1 atom stereocenters. The Kier molecular flexibility index (Phi) is 6.60. The van der Waals surface area contributed by atoms with E-state index in [4.69, 9.17) is 10.5 Å². The zero-order valence-corrected chi connectivity index (χ0v) is 11.1. The third-order valence-corrected chi connectivity index (χ3v) is 2.67. The lowest BCUT2D eigenvalue weighted by molar-refractivity contribution is -0.142. The Balaban J connectivity index is 2.24. The first-order valence-electron chi connectivity index (χ1n) is 6.29. The summed E-state index contributed by atoms with van der Waals surface area (Å²) in [5.74, 6) is -0.932. The van der Waals surface area contributed by atoms with Gasteiger partial charge in [-0.25, -0.2) is 0 Å². The average molecular weight is 264 g/mol. The number of ether oxygens (including phenoxy) is 1. The molecule has 1 aromatic rings. The number of esters is 1. The molecule has 0 aliphatic heterocycles. The van der Waals surface area contributed by atoms with Crippen LogP contribution in [0.25, 0.3) is 0 Å². The number of benzene rings is 1. The van der Waals surface area contributed by atoms with Gasteiger partial charge in [-0.15, -0.1) is 0 Å². The Bertz CT molecular complexity index is 406. The van der Waals surface area contributed by atoms with Crippen LogP contribution in [-0.2, 0) is 20.7 Å². The van der Waals surface area contributed by atoms with Gasteiger partial charge in [0, 0.05) is 6.92 Å². The summed E-state index contributed by atoms with van der Waals surface area (Å²) in [6.45, 7) is 1.92. The number of primary amides is 1. The van der Waals surface area contributed by atoms with Crippen molar-refractivity contribution >= 4 is 11.9 Å². The maximum absolute atomic E-state index is 11.1. The van der Waals surface area contributed by atoms with Gasteiger partial charge in [0.2, 0.25) is 5.91 Å². The van der Waals surface area contributed by atoms with Gasteiger partial charge in [-0.2, -0.15) is 0 Å². The first-order valence-corrected chi connectivity index (χ1v) is 6.29. The summed E-state index contributed by atoms with van der Waals surface area (Å²) in [6.07, 6.45) is 1.81. The van der Waals surface area contributed by atoms with E-state index in [-0.39, 0.29) is 6.61 Å². The molecule has 1 aromatic carbocycles. The van der Waals surface area contributed by atoms with E-state index < -0.39 is 17.9 Å². The Labute approximate surface area is 113 Å². The Morgan fingerprint density at radius 1 is 1.32 bits per heavy atom. The van der Waals surface area contributed by atoms with E-state index in [2.05, 4.69) is 17.4 Å². The molecule has 0 unspecified atom stereocenters. The van der Waals surface area contributed by atoms with Crippen molar-refractivity contribution in [3.8, 4) is 0 Å². The molecular formula is C14H20N2O3. The minimum atomic E-state index is -0.625. The molecular weight excluding hydrogens is 244 g/mol. The number of aryl methyl sites for hydroxylation is 1. The highest BCUT2D eigenvalue weighted by molar-refractivity contribution is 5.80. The topological polar surface area (TPSA) is 81.4 Å². The molecule has 0 heterocycles. The lowest BCUT2D eigenvalue weighted by atomic mass is 10.1. The number of rotatable bonds is 8. The van der Waals surface area contributed by atoms with E-state index in [9.17, 15) is 9.59 Å². The van der Waals surface area contributed by atoms with Crippen molar-refractivity contribution in [2.75, 3.05) is 13.2 Å². The van der Waals surface area contributed by atoms with Gasteiger partial charge in [-0.1, -0.05) is 30.3 Å². The van der Waals surface area contributed by atoms with Crippen molar-refractivity contribution < 1.29 is 14.3 Å². The monoisotopic (exact) mass is 264 g/mol. The molecule has 0 aliphatic carbocycles. The fourth-order valence-corrected chi connectivity index (χ4v) is 1.66. The van der Waals surface area contributed by atoms with Gasteiger partial charge in [0.25, 0.3) is 0 Å². The first-order chi connectivity index (χ1) is 9.09. The molecule has 104 valence electrons. The van der Waals surface area contributed by atoms with Crippen LogP contribution in [0.5, 0.6) is 0 Å². The normalized spacial score (nSPS) is 11.8. The Morgan fingerprint density at radius 2 is 2.00 bits per heavy atom. The van der Waals surface area contributed by atoms with E-state index in [1.807, 2.05) is 18.2 Å². The largest absolute Gasteiger partial charge is 0.464 e. The zero-order chi connectivity index (χ0) is 14.1. The minimum Gasteiger partial charge on any atom is -0.464 e. The lowest BCUT2D eigenvalue weighted by Crippen LogP contribution is -2.45. The second-order valence-corrected chi connectivity index (χ2v) is 4.30. The van der Waals surface area contributed by atoms with Crippen LogP contribution < -0.4 is 11.1 Å². The number of amides is 1.